The Morgan fingerprint density at radius 3 is 2.44 bits per heavy atom. The van der Waals surface area contributed by atoms with E-state index in [0.717, 1.165) is 12.8 Å². The number of hydrogen-bond donors (Lipinski definition) is 3. The molecule has 0 rings (SSSR count). The van der Waals surface area contributed by atoms with Crippen LogP contribution in [0.15, 0.2) is 0 Å². The van der Waals surface area contributed by atoms with Crippen LogP contribution < -0.4 is 5.32 Å². The van der Waals surface area contributed by atoms with Crippen LogP contribution >= 0.6 is 0 Å². The largest absolute Gasteiger partial charge is 0.393 e. The van der Waals surface area contributed by atoms with Gasteiger partial charge in [0.2, 0.25) is 5.91 Å². The summed E-state index contributed by atoms with van der Waals surface area (Å²) in [5.74, 6) is -0.0507. The monoisotopic (exact) mass is 231 g/mol. The van der Waals surface area contributed by atoms with Gasteiger partial charge in [-0.3, -0.25) is 4.79 Å². The molecule has 1 amide bonds. The second-order valence-corrected chi connectivity index (χ2v) is 4.60. The predicted octanol–water partition coefficient (Wildman–Crippen LogP) is 1.21. The minimum atomic E-state index is -1.21. The number of nitrogens with one attached hydrogen (secondary N) is 1. The molecular weight excluding hydrogens is 206 g/mol. The summed E-state index contributed by atoms with van der Waals surface area (Å²) >= 11 is 0. The Labute approximate surface area is 98.1 Å². The molecule has 96 valence electrons. The van der Waals surface area contributed by atoms with Crippen molar-refractivity contribution in [3.8, 4) is 0 Å². The SMILES string of the molecule is CCCCCCCC(=O)NCC(C)(O)CO. The zero-order valence-electron chi connectivity index (χ0n) is 10.5. The summed E-state index contributed by atoms with van der Waals surface area (Å²) in [7, 11) is 0. The number of amides is 1. The normalized spacial score (nSPS) is 14.5. The first kappa shape index (κ1) is 15.4. The van der Waals surface area contributed by atoms with Crippen LogP contribution in [0.3, 0.4) is 0 Å². The van der Waals surface area contributed by atoms with E-state index in [1.807, 2.05) is 0 Å². The average molecular weight is 231 g/mol. The Bertz CT molecular complexity index is 193. The molecule has 1 unspecified atom stereocenters. The lowest BCUT2D eigenvalue weighted by Gasteiger charge is -2.20. The fourth-order valence-corrected chi connectivity index (χ4v) is 1.32. The number of aliphatic hydroxyl groups is 2. The van der Waals surface area contributed by atoms with Crippen LogP contribution in [0.1, 0.15) is 52.4 Å². The van der Waals surface area contributed by atoms with Crippen molar-refractivity contribution < 1.29 is 15.0 Å². The lowest BCUT2D eigenvalue weighted by molar-refractivity contribution is -0.122. The van der Waals surface area contributed by atoms with E-state index < -0.39 is 5.60 Å². The topological polar surface area (TPSA) is 69.6 Å². The molecule has 0 aromatic rings. The number of rotatable bonds is 9. The van der Waals surface area contributed by atoms with Gasteiger partial charge in [-0.05, 0) is 13.3 Å². The Morgan fingerprint density at radius 1 is 1.25 bits per heavy atom. The molecule has 0 aliphatic carbocycles. The molecule has 4 nitrogen and oxygen atoms in total. The van der Waals surface area contributed by atoms with Crippen molar-refractivity contribution in [2.45, 2.75) is 58.0 Å². The fraction of sp³-hybridized carbons (Fsp3) is 0.917. The first-order valence-electron chi connectivity index (χ1n) is 6.12. The maximum absolute atomic E-state index is 11.3. The maximum Gasteiger partial charge on any atom is 0.220 e. The summed E-state index contributed by atoms with van der Waals surface area (Å²) in [4.78, 5) is 11.3. The van der Waals surface area contributed by atoms with Crippen LogP contribution in [-0.2, 0) is 4.79 Å². The van der Waals surface area contributed by atoms with E-state index >= 15 is 0 Å². The smallest absolute Gasteiger partial charge is 0.220 e. The molecule has 1 atom stereocenters. The molecule has 0 heterocycles. The van der Waals surface area contributed by atoms with E-state index in [2.05, 4.69) is 12.2 Å². The second-order valence-electron chi connectivity index (χ2n) is 4.60. The molecule has 0 fully saturated rings. The third-order valence-electron chi connectivity index (χ3n) is 2.51. The number of hydrogen-bond acceptors (Lipinski definition) is 3. The Morgan fingerprint density at radius 2 is 1.88 bits per heavy atom. The number of aliphatic hydroxyl groups excluding tert-OH is 1. The van der Waals surface area contributed by atoms with Crippen LogP contribution in [0.4, 0.5) is 0 Å². The summed E-state index contributed by atoms with van der Waals surface area (Å²) in [6.45, 7) is 3.42. The average Bonchev–Trinajstić information content (AvgIpc) is 2.26. The molecule has 4 heteroatoms. The number of carbonyl (C=O) groups is 1. The summed E-state index contributed by atoms with van der Waals surface area (Å²) in [5.41, 5.74) is -1.21. The van der Waals surface area contributed by atoms with Gasteiger partial charge in [-0.15, -0.1) is 0 Å². The molecule has 3 N–H and O–H groups in total. The Balaban J connectivity index is 3.45. The number of unbranched alkanes of at least 4 members (excludes halogenated alkanes) is 4. The highest BCUT2D eigenvalue weighted by Gasteiger charge is 2.19. The van der Waals surface area contributed by atoms with Crippen LogP contribution in [0.2, 0.25) is 0 Å². The van der Waals surface area contributed by atoms with Crippen LogP contribution in [0.25, 0.3) is 0 Å². The molecule has 0 spiro atoms. The molecule has 0 aromatic heterocycles. The molecule has 0 aliphatic rings. The summed E-state index contributed by atoms with van der Waals surface area (Å²) < 4.78 is 0. The van der Waals surface area contributed by atoms with Gasteiger partial charge in [-0.25, -0.2) is 0 Å². The van der Waals surface area contributed by atoms with Gasteiger partial charge < -0.3 is 15.5 Å². The highest BCUT2D eigenvalue weighted by Crippen LogP contribution is 2.05. The Hall–Kier alpha value is -0.610. The van der Waals surface area contributed by atoms with E-state index in [1.54, 1.807) is 0 Å². The van der Waals surface area contributed by atoms with E-state index in [0.29, 0.717) is 6.42 Å². The van der Waals surface area contributed by atoms with Crippen LogP contribution in [-0.4, -0.2) is 34.9 Å². The first-order valence-corrected chi connectivity index (χ1v) is 6.12. The van der Waals surface area contributed by atoms with Crippen LogP contribution in [0.5, 0.6) is 0 Å². The lowest BCUT2D eigenvalue weighted by Crippen LogP contribution is -2.43. The van der Waals surface area contributed by atoms with E-state index in [1.165, 1.54) is 26.2 Å². The summed E-state index contributed by atoms with van der Waals surface area (Å²) in [5, 5.41) is 20.8. The van der Waals surface area contributed by atoms with E-state index in [9.17, 15) is 9.90 Å². The molecule has 0 aliphatic heterocycles. The molecule has 16 heavy (non-hydrogen) atoms. The van der Waals surface area contributed by atoms with Crippen molar-refractivity contribution in [3.05, 3.63) is 0 Å². The van der Waals surface area contributed by atoms with Gasteiger partial charge in [0.15, 0.2) is 0 Å². The maximum atomic E-state index is 11.3. The quantitative estimate of drug-likeness (QED) is 0.522. The third kappa shape index (κ3) is 8.68. The molecule has 0 saturated heterocycles. The zero-order chi connectivity index (χ0) is 12.4. The van der Waals surface area contributed by atoms with Crippen molar-refractivity contribution in [3.63, 3.8) is 0 Å². The second kappa shape index (κ2) is 8.53. The minimum absolute atomic E-state index is 0.0507. The lowest BCUT2D eigenvalue weighted by atomic mass is 10.1. The van der Waals surface area contributed by atoms with Gasteiger partial charge in [0.25, 0.3) is 0 Å². The van der Waals surface area contributed by atoms with E-state index in [-0.39, 0.29) is 19.1 Å². The molecule has 0 radical (unpaired) electrons. The van der Waals surface area contributed by atoms with Gasteiger partial charge in [0, 0.05) is 13.0 Å². The molecule has 0 saturated carbocycles. The van der Waals surface area contributed by atoms with Crippen molar-refractivity contribution in [2.24, 2.45) is 0 Å². The summed E-state index contributed by atoms with van der Waals surface area (Å²) in [6, 6.07) is 0. The highest BCUT2D eigenvalue weighted by atomic mass is 16.3. The summed E-state index contributed by atoms with van der Waals surface area (Å²) in [6.07, 6.45) is 6.08. The minimum Gasteiger partial charge on any atom is -0.393 e. The van der Waals surface area contributed by atoms with Crippen molar-refractivity contribution in [1.82, 2.24) is 5.32 Å². The molecule has 0 bridgehead atoms. The third-order valence-corrected chi connectivity index (χ3v) is 2.51. The Kier molecular flexibility index (Phi) is 8.21. The highest BCUT2D eigenvalue weighted by molar-refractivity contribution is 5.75. The fourth-order valence-electron chi connectivity index (χ4n) is 1.32. The standard InChI is InChI=1S/C12H25NO3/c1-3-4-5-6-7-8-11(15)13-9-12(2,16)10-14/h14,16H,3-10H2,1-2H3,(H,13,15). The van der Waals surface area contributed by atoms with Gasteiger partial charge in [0.1, 0.15) is 5.60 Å². The van der Waals surface area contributed by atoms with Crippen molar-refractivity contribution in [1.29, 1.82) is 0 Å². The van der Waals surface area contributed by atoms with Gasteiger partial charge in [-0.1, -0.05) is 32.6 Å². The van der Waals surface area contributed by atoms with E-state index in [4.69, 9.17) is 5.11 Å². The number of carbonyl (C=O) groups excluding carboxylic acids is 1. The predicted molar refractivity (Wildman–Crippen MR) is 64.1 cm³/mol. The zero-order valence-corrected chi connectivity index (χ0v) is 10.5. The van der Waals surface area contributed by atoms with Crippen LogP contribution in [0, 0.1) is 0 Å². The van der Waals surface area contributed by atoms with Crippen molar-refractivity contribution in [2.75, 3.05) is 13.2 Å². The first-order chi connectivity index (χ1) is 7.52. The van der Waals surface area contributed by atoms with Gasteiger partial charge in [0.05, 0.1) is 6.61 Å². The van der Waals surface area contributed by atoms with Gasteiger partial charge >= 0.3 is 0 Å². The van der Waals surface area contributed by atoms with Gasteiger partial charge in [-0.2, -0.15) is 0 Å². The molecular formula is C12H25NO3. The van der Waals surface area contributed by atoms with Crippen molar-refractivity contribution >= 4 is 5.91 Å². The molecule has 0 aromatic carbocycles.